The van der Waals surface area contributed by atoms with Crippen molar-refractivity contribution in [3.05, 3.63) is 70.8 Å². The first-order valence-corrected chi connectivity index (χ1v) is 13.6. The lowest BCUT2D eigenvalue weighted by atomic mass is 9.94. The molecule has 0 saturated heterocycles. The minimum Gasteiger partial charge on any atom is -0.444 e. The summed E-state index contributed by atoms with van der Waals surface area (Å²) in [5, 5.41) is 5.88. The maximum Gasteiger partial charge on any atom is 0.408 e. The zero-order valence-electron chi connectivity index (χ0n) is 23.8. The van der Waals surface area contributed by atoms with Gasteiger partial charge in [0.2, 0.25) is 11.8 Å². The average molecular weight is 522 g/mol. The zero-order chi connectivity index (χ0) is 28.0. The van der Waals surface area contributed by atoms with E-state index in [1.807, 2.05) is 76.2 Å². The Hall–Kier alpha value is -3.35. The Morgan fingerprint density at radius 3 is 2.24 bits per heavy atom. The molecule has 3 rings (SSSR count). The lowest BCUT2D eigenvalue weighted by molar-refractivity contribution is -0.143. The lowest BCUT2D eigenvalue weighted by Crippen LogP contribution is -2.54. The third kappa shape index (κ3) is 8.07. The number of carbonyl (C=O) groups is 3. The van der Waals surface area contributed by atoms with Crippen molar-refractivity contribution in [3.8, 4) is 0 Å². The Morgan fingerprint density at radius 1 is 1.00 bits per heavy atom. The van der Waals surface area contributed by atoms with Gasteiger partial charge in [0, 0.05) is 12.6 Å². The summed E-state index contributed by atoms with van der Waals surface area (Å²) in [4.78, 5) is 42.5. The first kappa shape index (κ1) is 29.2. The molecule has 2 atom stereocenters. The largest absolute Gasteiger partial charge is 0.444 e. The number of ether oxygens (including phenoxy) is 1. The molecule has 38 heavy (non-hydrogen) atoms. The second-order valence-corrected chi connectivity index (χ2v) is 11.7. The molecule has 1 aliphatic rings. The Labute approximate surface area is 227 Å². The van der Waals surface area contributed by atoms with Gasteiger partial charge in [-0.1, -0.05) is 62.4 Å². The number of amides is 3. The number of rotatable bonds is 10. The summed E-state index contributed by atoms with van der Waals surface area (Å²) in [5.74, 6) is -0.345. The molecule has 3 amide bonds. The molecule has 7 nitrogen and oxygen atoms in total. The molecule has 0 bridgehead atoms. The van der Waals surface area contributed by atoms with Crippen LogP contribution in [0.25, 0.3) is 0 Å². The van der Waals surface area contributed by atoms with Crippen molar-refractivity contribution in [2.45, 2.75) is 98.0 Å². The van der Waals surface area contributed by atoms with E-state index in [-0.39, 0.29) is 23.8 Å². The molecular formula is C31H43N3O4. The third-order valence-corrected chi connectivity index (χ3v) is 6.67. The predicted molar refractivity (Wildman–Crippen MR) is 149 cm³/mol. The van der Waals surface area contributed by atoms with Gasteiger partial charge in [-0.05, 0) is 82.1 Å². The normalized spacial score (nSPS) is 14.9. The average Bonchev–Trinajstić information content (AvgIpc) is 3.66. The van der Waals surface area contributed by atoms with Gasteiger partial charge in [0.15, 0.2) is 0 Å². The molecule has 0 spiro atoms. The fourth-order valence-electron chi connectivity index (χ4n) is 4.56. The van der Waals surface area contributed by atoms with Crippen molar-refractivity contribution < 1.29 is 19.1 Å². The van der Waals surface area contributed by atoms with Crippen LogP contribution in [-0.2, 0) is 20.9 Å². The van der Waals surface area contributed by atoms with Crippen LogP contribution in [0.5, 0.6) is 0 Å². The molecule has 2 aromatic carbocycles. The maximum absolute atomic E-state index is 14.2. The zero-order valence-corrected chi connectivity index (χ0v) is 23.8. The number of nitrogens with one attached hydrogen (secondary N) is 2. The quantitative estimate of drug-likeness (QED) is 0.427. The molecule has 0 aliphatic heterocycles. The summed E-state index contributed by atoms with van der Waals surface area (Å²) < 4.78 is 5.47. The number of benzene rings is 2. The number of hydrogen-bond acceptors (Lipinski definition) is 4. The summed E-state index contributed by atoms with van der Waals surface area (Å²) in [7, 11) is 0. The van der Waals surface area contributed by atoms with Gasteiger partial charge in [0.25, 0.3) is 0 Å². The number of aryl methyl sites for hydroxylation is 1. The Balaban J connectivity index is 1.97. The van der Waals surface area contributed by atoms with Crippen molar-refractivity contribution in [2.24, 2.45) is 5.92 Å². The predicted octanol–water partition coefficient (Wildman–Crippen LogP) is 5.59. The summed E-state index contributed by atoms with van der Waals surface area (Å²) in [6, 6.07) is 13.9. The Bertz CT molecular complexity index is 1120. The molecule has 0 heterocycles. The molecule has 2 N–H and O–H groups in total. The van der Waals surface area contributed by atoms with E-state index >= 15 is 0 Å². The van der Waals surface area contributed by atoms with Gasteiger partial charge in [-0.15, -0.1) is 0 Å². The smallest absolute Gasteiger partial charge is 0.408 e. The summed E-state index contributed by atoms with van der Waals surface area (Å²) in [6.45, 7) is 13.7. The van der Waals surface area contributed by atoms with Gasteiger partial charge < -0.3 is 20.3 Å². The van der Waals surface area contributed by atoms with Crippen molar-refractivity contribution >= 4 is 17.9 Å². The van der Waals surface area contributed by atoms with E-state index in [0.717, 1.165) is 35.1 Å². The SMILES string of the molecule is Cc1cccc(C(C(=O)NCc2ccccc2)N(C(=O)C(CC(C)C)NC(=O)OC(C)(C)C)C2CC2)c1C. The Kier molecular flexibility index (Phi) is 9.58. The van der Waals surface area contributed by atoms with E-state index in [0.29, 0.717) is 13.0 Å². The molecule has 1 saturated carbocycles. The standard InChI is InChI=1S/C31H43N3O4/c1-20(2)18-26(33-30(37)38-31(5,6)7)29(36)34(24-16-17-24)27(25-15-11-12-21(3)22(25)4)28(35)32-19-23-13-9-8-10-14-23/h8-15,20,24,26-27H,16-19H2,1-7H3,(H,32,35)(H,33,37). The Morgan fingerprint density at radius 2 is 1.66 bits per heavy atom. The minimum absolute atomic E-state index is 0.0648. The highest BCUT2D eigenvalue weighted by molar-refractivity contribution is 5.92. The van der Waals surface area contributed by atoms with Crippen LogP contribution in [0.15, 0.2) is 48.5 Å². The molecule has 1 fully saturated rings. The first-order chi connectivity index (χ1) is 17.9. The fraction of sp³-hybridized carbons (Fsp3) is 0.516. The monoisotopic (exact) mass is 521 g/mol. The van der Waals surface area contributed by atoms with E-state index in [1.165, 1.54) is 0 Å². The van der Waals surface area contributed by atoms with Crippen molar-refractivity contribution in [1.82, 2.24) is 15.5 Å². The second-order valence-electron chi connectivity index (χ2n) is 11.7. The van der Waals surface area contributed by atoms with Gasteiger partial charge in [0.1, 0.15) is 17.7 Å². The van der Waals surface area contributed by atoms with Crippen LogP contribution in [0.4, 0.5) is 4.79 Å². The molecule has 2 unspecified atom stereocenters. The van der Waals surface area contributed by atoms with E-state index in [4.69, 9.17) is 4.74 Å². The molecule has 0 aromatic heterocycles. The van der Waals surface area contributed by atoms with E-state index in [1.54, 1.807) is 25.7 Å². The third-order valence-electron chi connectivity index (χ3n) is 6.67. The second kappa shape index (κ2) is 12.5. The highest BCUT2D eigenvalue weighted by Crippen LogP contribution is 2.37. The van der Waals surface area contributed by atoms with Crippen LogP contribution in [0.2, 0.25) is 0 Å². The molecule has 2 aromatic rings. The molecule has 7 heteroatoms. The topological polar surface area (TPSA) is 87.7 Å². The van der Waals surface area contributed by atoms with Crippen molar-refractivity contribution in [1.29, 1.82) is 0 Å². The first-order valence-electron chi connectivity index (χ1n) is 13.6. The summed E-state index contributed by atoms with van der Waals surface area (Å²) in [5.41, 5.74) is 3.12. The molecule has 206 valence electrons. The van der Waals surface area contributed by atoms with E-state index in [9.17, 15) is 14.4 Å². The van der Waals surface area contributed by atoms with Crippen molar-refractivity contribution in [3.63, 3.8) is 0 Å². The van der Waals surface area contributed by atoms with Gasteiger partial charge in [-0.25, -0.2) is 4.79 Å². The molecule has 1 aliphatic carbocycles. The highest BCUT2D eigenvalue weighted by Gasteiger charge is 2.44. The van der Waals surface area contributed by atoms with Crippen molar-refractivity contribution in [2.75, 3.05) is 0 Å². The fourth-order valence-corrected chi connectivity index (χ4v) is 4.56. The summed E-state index contributed by atoms with van der Waals surface area (Å²) in [6.07, 6.45) is 1.44. The van der Waals surface area contributed by atoms with Crippen LogP contribution in [0, 0.1) is 19.8 Å². The maximum atomic E-state index is 14.2. The van der Waals surface area contributed by atoms with Crippen LogP contribution in [0.1, 0.15) is 82.2 Å². The number of hydrogen-bond donors (Lipinski definition) is 2. The number of carbonyl (C=O) groups excluding carboxylic acids is 3. The molecule has 0 radical (unpaired) electrons. The van der Waals surface area contributed by atoms with E-state index in [2.05, 4.69) is 10.6 Å². The van der Waals surface area contributed by atoms with Crippen LogP contribution in [0.3, 0.4) is 0 Å². The highest BCUT2D eigenvalue weighted by atomic mass is 16.6. The number of nitrogens with zero attached hydrogens (tertiary/aromatic N) is 1. The van der Waals surface area contributed by atoms with E-state index < -0.39 is 23.8 Å². The molecular weight excluding hydrogens is 478 g/mol. The van der Waals surface area contributed by atoms with Crippen LogP contribution < -0.4 is 10.6 Å². The number of alkyl carbamates (subject to hydrolysis) is 1. The minimum atomic E-state index is -0.811. The van der Waals surface area contributed by atoms with Crippen LogP contribution >= 0.6 is 0 Å². The van der Waals surface area contributed by atoms with Gasteiger partial charge in [-0.2, -0.15) is 0 Å². The van der Waals surface area contributed by atoms with Crippen LogP contribution in [-0.4, -0.2) is 40.5 Å². The van der Waals surface area contributed by atoms with Gasteiger partial charge in [0.05, 0.1) is 0 Å². The van der Waals surface area contributed by atoms with Gasteiger partial charge in [-0.3, -0.25) is 9.59 Å². The lowest BCUT2D eigenvalue weighted by Gasteiger charge is -2.36. The summed E-state index contributed by atoms with van der Waals surface area (Å²) >= 11 is 0. The van der Waals surface area contributed by atoms with Gasteiger partial charge >= 0.3 is 6.09 Å².